The van der Waals surface area contributed by atoms with E-state index >= 15 is 0 Å². The molecule has 65 heavy (non-hydrogen) atoms. The van der Waals surface area contributed by atoms with E-state index in [1.807, 2.05) is 73.8 Å². The Morgan fingerprint density at radius 3 is 1.31 bits per heavy atom. The SMILES string of the molecule is CN1CCCCC12CCN(c1cccnc1)C2.CN1CCCCC12CN(c1cccnc1)C2.c1cncc(N2CCC3(CCCCN3)C2)c1.c1cncc(N2CCCC3(CCCN3)C2)c1. The van der Waals surface area contributed by atoms with Crippen LogP contribution in [0.4, 0.5) is 22.7 Å². The van der Waals surface area contributed by atoms with Crippen molar-refractivity contribution in [3.8, 4) is 0 Å². The average Bonchev–Trinajstić information content (AvgIpc) is 4.11. The summed E-state index contributed by atoms with van der Waals surface area (Å²) in [6, 6.07) is 16.8. The second kappa shape index (κ2) is 21.1. The summed E-state index contributed by atoms with van der Waals surface area (Å²) >= 11 is 0. The number of hydrogen-bond acceptors (Lipinski definition) is 12. The third-order valence-electron chi connectivity index (χ3n) is 16.6. The molecule has 8 saturated heterocycles. The van der Waals surface area contributed by atoms with Gasteiger partial charge in [0.05, 0.1) is 53.1 Å². The minimum Gasteiger partial charge on any atom is -0.368 e. The molecule has 12 rings (SSSR count). The van der Waals surface area contributed by atoms with Gasteiger partial charge in [0.1, 0.15) is 0 Å². The predicted octanol–water partition coefficient (Wildman–Crippen LogP) is 7.51. The summed E-state index contributed by atoms with van der Waals surface area (Å²) in [5.74, 6) is 0. The van der Waals surface area contributed by atoms with E-state index in [1.54, 1.807) is 0 Å². The first-order valence-electron chi connectivity index (χ1n) is 25.4. The molecule has 0 aromatic carbocycles. The van der Waals surface area contributed by atoms with E-state index in [4.69, 9.17) is 0 Å². The molecule has 0 saturated carbocycles. The molecule has 12 heteroatoms. The number of rotatable bonds is 4. The Morgan fingerprint density at radius 2 is 0.815 bits per heavy atom. The zero-order valence-corrected chi connectivity index (χ0v) is 39.8. The lowest BCUT2D eigenvalue weighted by molar-refractivity contribution is 0.0458. The van der Waals surface area contributed by atoms with Crippen molar-refractivity contribution in [3.05, 3.63) is 98.1 Å². The quantitative estimate of drug-likeness (QED) is 0.213. The van der Waals surface area contributed by atoms with Gasteiger partial charge in [-0.15, -0.1) is 0 Å². The van der Waals surface area contributed by atoms with Crippen molar-refractivity contribution in [3.63, 3.8) is 0 Å². The molecule has 2 N–H and O–H groups in total. The normalized spacial score (nSPS) is 28.6. The monoisotopic (exact) mass is 883 g/mol. The van der Waals surface area contributed by atoms with E-state index in [0.29, 0.717) is 22.2 Å². The van der Waals surface area contributed by atoms with Crippen LogP contribution in [0, 0.1) is 0 Å². The Morgan fingerprint density at radius 1 is 0.385 bits per heavy atom. The van der Waals surface area contributed by atoms with E-state index in [9.17, 15) is 0 Å². The smallest absolute Gasteiger partial charge is 0.0557 e. The van der Waals surface area contributed by atoms with Gasteiger partial charge in [-0.2, -0.15) is 0 Å². The van der Waals surface area contributed by atoms with Gasteiger partial charge in [0.25, 0.3) is 0 Å². The Labute approximate surface area is 390 Å². The first-order chi connectivity index (χ1) is 31.9. The summed E-state index contributed by atoms with van der Waals surface area (Å²) in [5, 5.41) is 7.44. The summed E-state index contributed by atoms with van der Waals surface area (Å²) < 4.78 is 0. The molecule has 12 heterocycles. The van der Waals surface area contributed by atoms with Crippen molar-refractivity contribution in [2.24, 2.45) is 0 Å². The highest BCUT2D eigenvalue weighted by Gasteiger charge is 2.47. The summed E-state index contributed by atoms with van der Waals surface area (Å²) in [6.07, 6.45) is 35.5. The van der Waals surface area contributed by atoms with Crippen molar-refractivity contribution in [2.45, 2.75) is 118 Å². The van der Waals surface area contributed by atoms with Crippen molar-refractivity contribution >= 4 is 22.7 Å². The molecular formula is C53H78N12. The van der Waals surface area contributed by atoms with Gasteiger partial charge in [0.15, 0.2) is 0 Å². The fraction of sp³-hybridized carbons (Fsp3) is 0.623. The molecular weight excluding hydrogens is 805 g/mol. The molecule has 4 aromatic heterocycles. The summed E-state index contributed by atoms with van der Waals surface area (Å²) in [5.41, 5.74) is 6.79. The molecule has 3 unspecified atom stereocenters. The van der Waals surface area contributed by atoms with E-state index in [2.05, 4.69) is 98.3 Å². The molecule has 8 fully saturated rings. The highest BCUT2D eigenvalue weighted by Crippen LogP contribution is 2.39. The highest BCUT2D eigenvalue weighted by atomic mass is 15.4. The predicted molar refractivity (Wildman–Crippen MR) is 267 cm³/mol. The van der Waals surface area contributed by atoms with Gasteiger partial charge in [-0.05, 0) is 166 Å². The maximum Gasteiger partial charge on any atom is 0.0557 e. The average molecular weight is 883 g/mol. The van der Waals surface area contributed by atoms with Crippen LogP contribution in [0.3, 0.4) is 0 Å². The third kappa shape index (κ3) is 10.9. The molecule has 4 aromatic rings. The van der Waals surface area contributed by atoms with Gasteiger partial charge >= 0.3 is 0 Å². The lowest BCUT2D eigenvalue weighted by Crippen LogP contribution is -2.70. The molecule has 12 nitrogen and oxygen atoms in total. The summed E-state index contributed by atoms with van der Waals surface area (Å²) in [6.45, 7) is 14.3. The Balaban J connectivity index is 0.000000109. The fourth-order valence-corrected chi connectivity index (χ4v) is 12.5. The van der Waals surface area contributed by atoms with E-state index in [-0.39, 0.29) is 0 Å². The largest absolute Gasteiger partial charge is 0.368 e. The van der Waals surface area contributed by atoms with E-state index < -0.39 is 0 Å². The Bertz CT molecular complexity index is 2000. The number of nitrogens with one attached hydrogen (secondary N) is 2. The molecule has 0 aliphatic carbocycles. The van der Waals surface area contributed by atoms with Crippen molar-refractivity contribution in [2.75, 3.05) is 112 Å². The number of anilines is 4. The minimum absolute atomic E-state index is 0.397. The molecule has 0 amide bonds. The molecule has 0 radical (unpaired) electrons. The summed E-state index contributed by atoms with van der Waals surface area (Å²) in [7, 11) is 4.58. The van der Waals surface area contributed by atoms with Crippen LogP contribution in [0.15, 0.2) is 98.1 Å². The number of pyridine rings is 4. The van der Waals surface area contributed by atoms with Gasteiger partial charge in [0, 0.05) is 93.8 Å². The van der Waals surface area contributed by atoms with Gasteiger partial charge < -0.3 is 30.2 Å². The summed E-state index contributed by atoms with van der Waals surface area (Å²) in [4.78, 5) is 31.9. The second-order valence-electron chi connectivity index (χ2n) is 20.8. The lowest BCUT2D eigenvalue weighted by Gasteiger charge is -2.58. The van der Waals surface area contributed by atoms with Crippen molar-refractivity contribution in [1.82, 2.24) is 40.4 Å². The standard InChI is InChI=1S/C14H21N3.3C13H19N3/c1-16-9-3-2-6-14(16)7-10-17(12-14)13-5-4-8-15-11-13;1-4-12(10-14-7-1)16-9-3-6-13(11-16)5-2-8-15-13;1-15-8-3-2-6-13(15)10-16(11-13)12-5-4-7-14-9-12;1-2-8-15-13(5-1)6-9-16(11-13)12-4-3-7-14-10-12/h4-5,8,11H,2-3,6-7,9-10,12H2,1H3;1,4,7,10,15H,2-3,5-6,8-9,11H2;4-5,7,9H,2-3,6,8,10-11H2,1H3;3-4,7,10,15H,1-2,5-6,8-9,11H2. The van der Waals surface area contributed by atoms with E-state index in [1.165, 1.54) is 185 Å². The molecule has 8 aliphatic heterocycles. The van der Waals surface area contributed by atoms with Crippen LogP contribution in [0.25, 0.3) is 0 Å². The fourth-order valence-electron chi connectivity index (χ4n) is 12.5. The third-order valence-corrected chi connectivity index (χ3v) is 16.6. The first-order valence-corrected chi connectivity index (χ1v) is 25.4. The van der Waals surface area contributed by atoms with Crippen LogP contribution in [0.1, 0.15) is 96.3 Å². The lowest BCUT2D eigenvalue weighted by atomic mass is 9.80. The topological polar surface area (TPSA) is 95.1 Å². The first kappa shape index (κ1) is 45.8. The van der Waals surface area contributed by atoms with Crippen LogP contribution >= 0.6 is 0 Å². The number of likely N-dealkylation sites (N-methyl/N-ethyl adjacent to an activating group) is 2. The van der Waals surface area contributed by atoms with Crippen molar-refractivity contribution in [1.29, 1.82) is 0 Å². The zero-order valence-electron chi connectivity index (χ0n) is 39.8. The molecule has 4 spiro atoms. The Hall–Kier alpha value is -4.36. The van der Waals surface area contributed by atoms with Gasteiger partial charge in [-0.25, -0.2) is 0 Å². The molecule has 8 aliphatic rings. The van der Waals surface area contributed by atoms with Crippen LogP contribution < -0.4 is 30.2 Å². The highest BCUT2D eigenvalue weighted by molar-refractivity contribution is 5.50. The number of piperidine rings is 4. The number of nitrogens with zero attached hydrogens (tertiary/aromatic N) is 10. The zero-order chi connectivity index (χ0) is 44.4. The molecule has 3 atom stereocenters. The number of hydrogen-bond donors (Lipinski definition) is 2. The van der Waals surface area contributed by atoms with Crippen LogP contribution in [0.5, 0.6) is 0 Å². The molecule has 0 bridgehead atoms. The van der Waals surface area contributed by atoms with Gasteiger partial charge in [-0.1, -0.05) is 19.3 Å². The van der Waals surface area contributed by atoms with Crippen LogP contribution in [0.2, 0.25) is 0 Å². The Kier molecular flexibility index (Phi) is 14.8. The maximum atomic E-state index is 4.23. The van der Waals surface area contributed by atoms with Crippen molar-refractivity contribution < 1.29 is 0 Å². The maximum absolute atomic E-state index is 4.23. The minimum atomic E-state index is 0.397. The van der Waals surface area contributed by atoms with Crippen LogP contribution in [-0.4, -0.2) is 145 Å². The van der Waals surface area contributed by atoms with E-state index in [0.717, 1.165) is 13.1 Å². The number of likely N-dealkylation sites (tertiary alicyclic amines) is 2. The number of aromatic nitrogens is 4. The van der Waals surface area contributed by atoms with Crippen LogP contribution in [-0.2, 0) is 0 Å². The van der Waals surface area contributed by atoms with Gasteiger partial charge in [-0.3, -0.25) is 29.7 Å². The van der Waals surface area contributed by atoms with Gasteiger partial charge in [0.2, 0.25) is 0 Å². The second-order valence-corrected chi connectivity index (χ2v) is 20.8. The molecule has 350 valence electrons.